The van der Waals surface area contributed by atoms with E-state index in [2.05, 4.69) is 186 Å². The Labute approximate surface area is 642 Å². The lowest BCUT2D eigenvalue weighted by Gasteiger charge is -2.21. The number of rotatable bonds is 75. The van der Waals surface area contributed by atoms with Crippen LogP contribution in [0.2, 0.25) is 0 Å². The number of aliphatic hydroxyl groups is 1. The summed E-state index contributed by atoms with van der Waals surface area (Å²) < 4.78 is 68.6. The molecular formula is C87H144O17P2. The zero-order chi connectivity index (χ0) is 77.4. The number of aliphatic hydroxyl groups excluding tert-OH is 1. The molecule has 3 N–H and O–H groups in total. The minimum Gasteiger partial charge on any atom is -0.462 e. The van der Waals surface area contributed by atoms with Gasteiger partial charge >= 0.3 is 39.5 Å². The number of carbonyl (C=O) groups is 4. The first-order valence-corrected chi connectivity index (χ1v) is 43.7. The maximum atomic E-state index is 13.1. The van der Waals surface area contributed by atoms with Gasteiger partial charge in [-0.3, -0.25) is 37.3 Å². The molecule has 0 radical (unpaired) electrons. The van der Waals surface area contributed by atoms with E-state index in [0.717, 1.165) is 212 Å². The highest BCUT2D eigenvalue weighted by Crippen LogP contribution is 2.45. The van der Waals surface area contributed by atoms with Crippen LogP contribution in [0.3, 0.4) is 0 Å². The summed E-state index contributed by atoms with van der Waals surface area (Å²) in [5.41, 5.74) is 0. The van der Waals surface area contributed by atoms with Gasteiger partial charge in [-0.15, -0.1) is 0 Å². The molecule has 0 saturated heterocycles. The number of phosphoric acid groups is 2. The second kappa shape index (κ2) is 77.8. The van der Waals surface area contributed by atoms with E-state index in [1.165, 1.54) is 19.3 Å². The molecule has 0 aliphatic carbocycles. The van der Waals surface area contributed by atoms with Gasteiger partial charge in [0.15, 0.2) is 12.2 Å². The molecule has 604 valence electrons. The van der Waals surface area contributed by atoms with E-state index >= 15 is 0 Å². The lowest BCUT2D eigenvalue weighted by molar-refractivity contribution is -0.161. The predicted molar refractivity (Wildman–Crippen MR) is 436 cm³/mol. The van der Waals surface area contributed by atoms with E-state index in [1.54, 1.807) is 0 Å². The molecule has 17 nitrogen and oxygen atoms in total. The normalized spacial score (nSPS) is 14.7. The Morgan fingerprint density at radius 1 is 0.274 bits per heavy atom. The third-order valence-electron chi connectivity index (χ3n) is 16.4. The van der Waals surface area contributed by atoms with E-state index in [9.17, 15) is 43.2 Å². The summed E-state index contributed by atoms with van der Waals surface area (Å²) in [5, 5.41) is 10.6. The largest absolute Gasteiger partial charge is 0.472 e. The van der Waals surface area contributed by atoms with Crippen LogP contribution in [-0.2, 0) is 65.4 Å². The zero-order valence-electron chi connectivity index (χ0n) is 66.1. The molecule has 19 heteroatoms. The summed E-state index contributed by atoms with van der Waals surface area (Å²) in [5.74, 6) is -2.27. The van der Waals surface area contributed by atoms with Gasteiger partial charge in [0.05, 0.1) is 26.4 Å². The highest BCUT2D eigenvalue weighted by Gasteiger charge is 2.30. The van der Waals surface area contributed by atoms with Crippen LogP contribution in [0.4, 0.5) is 0 Å². The Kier molecular flexibility index (Phi) is 73.9. The van der Waals surface area contributed by atoms with E-state index in [-0.39, 0.29) is 25.7 Å². The maximum Gasteiger partial charge on any atom is 0.472 e. The molecule has 0 heterocycles. The molecule has 0 aromatic rings. The van der Waals surface area contributed by atoms with Crippen molar-refractivity contribution in [2.75, 3.05) is 39.6 Å². The number of ether oxygens (including phenoxy) is 4. The van der Waals surface area contributed by atoms with E-state index in [0.29, 0.717) is 25.7 Å². The molecule has 0 aliphatic rings. The minimum atomic E-state index is -5.00. The lowest BCUT2D eigenvalue weighted by atomic mass is 10.1. The van der Waals surface area contributed by atoms with E-state index in [1.807, 2.05) is 0 Å². The van der Waals surface area contributed by atoms with Gasteiger partial charge in [-0.25, -0.2) is 9.13 Å². The number of allylic oxidation sites excluding steroid dienone is 26. The lowest BCUT2D eigenvalue weighted by Crippen LogP contribution is -2.30. The fraction of sp³-hybridized carbons (Fsp3) is 0.655. The topological polar surface area (TPSA) is 237 Å². The molecule has 0 rings (SSSR count). The molecule has 0 saturated carbocycles. The van der Waals surface area contributed by atoms with Crippen LogP contribution >= 0.6 is 15.6 Å². The molecule has 0 amide bonds. The Morgan fingerprint density at radius 3 is 0.802 bits per heavy atom. The second-order valence-electron chi connectivity index (χ2n) is 26.6. The molecule has 0 aromatic heterocycles. The first kappa shape index (κ1) is 101. The number of hydrogen-bond acceptors (Lipinski definition) is 15. The summed E-state index contributed by atoms with van der Waals surface area (Å²) >= 11 is 0. The van der Waals surface area contributed by atoms with Gasteiger partial charge in [0.2, 0.25) is 0 Å². The summed E-state index contributed by atoms with van der Waals surface area (Å²) in [4.78, 5) is 73.1. The van der Waals surface area contributed by atoms with Crippen molar-refractivity contribution in [3.63, 3.8) is 0 Å². The third-order valence-corrected chi connectivity index (χ3v) is 18.3. The van der Waals surface area contributed by atoms with Crippen molar-refractivity contribution in [3.05, 3.63) is 158 Å². The smallest absolute Gasteiger partial charge is 0.462 e. The summed E-state index contributed by atoms with van der Waals surface area (Å²) in [6, 6.07) is 0. The average Bonchev–Trinajstić information content (AvgIpc) is 0.933. The molecule has 106 heavy (non-hydrogen) atoms. The molecule has 0 aromatic carbocycles. The van der Waals surface area contributed by atoms with Gasteiger partial charge in [-0.2, -0.15) is 0 Å². The Morgan fingerprint density at radius 2 is 0.509 bits per heavy atom. The fourth-order valence-electron chi connectivity index (χ4n) is 10.3. The highest BCUT2D eigenvalue weighted by molar-refractivity contribution is 7.47. The number of unbranched alkanes of at least 4 members (excludes halogenated alkanes) is 23. The number of hydrogen-bond donors (Lipinski definition) is 3. The first-order valence-electron chi connectivity index (χ1n) is 40.7. The van der Waals surface area contributed by atoms with Crippen molar-refractivity contribution in [1.82, 2.24) is 0 Å². The SMILES string of the molecule is CC/C=C\C/C=C\C/C=C\C/C=C\C/C=C\CCCCCC(=O)OCC(COP(=O)(O)OCC(O)COP(=O)(O)OCC(COC(=O)CCCCCCCC/C=C\C/C=C\C/C=C\CCCCC)OC(=O)CCCCCCC/C=C\C/C=C\CCC)OC(=O)CCCCCCC/C=C\C/C=C\C/C=C\CC. The van der Waals surface area contributed by atoms with Crippen molar-refractivity contribution in [2.24, 2.45) is 0 Å². The highest BCUT2D eigenvalue weighted by atomic mass is 31.2. The predicted octanol–water partition coefficient (Wildman–Crippen LogP) is 24.0. The number of phosphoric ester groups is 2. The monoisotopic (exact) mass is 1520 g/mol. The van der Waals surface area contributed by atoms with Gasteiger partial charge in [-0.05, 0) is 167 Å². The van der Waals surface area contributed by atoms with Crippen LogP contribution in [0.25, 0.3) is 0 Å². The van der Waals surface area contributed by atoms with Crippen molar-refractivity contribution < 1.29 is 80.2 Å². The number of carbonyl (C=O) groups excluding carboxylic acids is 4. The fourth-order valence-corrected chi connectivity index (χ4v) is 11.9. The van der Waals surface area contributed by atoms with Crippen LogP contribution in [0, 0.1) is 0 Å². The van der Waals surface area contributed by atoms with Crippen molar-refractivity contribution in [3.8, 4) is 0 Å². The van der Waals surface area contributed by atoms with Crippen LogP contribution in [0.1, 0.15) is 310 Å². The van der Waals surface area contributed by atoms with Gasteiger partial charge in [0.25, 0.3) is 0 Å². The number of esters is 4. The Balaban J connectivity index is 5.41. The van der Waals surface area contributed by atoms with Crippen molar-refractivity contribution in [2.45, 2.75) is 329 Å². The second-order valence-corrected chi connectivity index (χ2v) is 29.5. The summed E-state index contributed by atoms with van der Waals surface area (Å²) in [6.45, 7) is 4.47. The maximum absolute atomic E-state index is 13.1. The van der Waals surface area contributed by atoms with Crippen LogP contribution in [0.5, 0.6) is 0 Å². The van der Waals surface area contributed by atoms with Gasteiger partial charge in [0.1, 0.15) is 19.3 Å². The van der Waals surface area contributed by atoms with Gasteiger partial charge in [0, 0.05) is 25.7 Å². The summed E-state index contributed by atoms with van der Waals surface area (Å²) in [6.07, 6.45) is 90.7. The quantitative estimate of drug-likeness (QED) is 0.0169. The van der Waals surface area contributed by atoms with Crippen molar-refractivity contribution in [1.29, 1.82) is 0 Å². The Hall–Kier alpha value is -5.32. The molecule has 5 unspecified atom stereocenters. The molecule has 0 bridgehead atoms. The van der Waals surface area contributed by atoms with E-state index < -0.39 is 97.5 Å². The molecule has 0 spiro atoms. The van der Waals surface area contributed by atoms with Gasteiger partial charge in [-0.1, -0.05) is 276 Å². The molecule has 0 fully saturated rings. The zero-order valence-corrected chi connectivity index (χ0v) is 67.8. The minimum absolute atomic E-state index is 0.0622. The van der Waals surface area contributed by atoms with Crippen LogP contribution < -0.4 is 0 Å². The Bertz CT molecular complexity index is 2630. The third kappa shape index (κ3) is 76.9. The van der Waals surface area contributed by atoms with Crippen molar-refractivity contribution >= 4 is 39.5 Å². The molecular weight excluding hydrogens is 1380 g/mol. The standard InChI is InChI=1S/C87H144O17P2/c1-5-9-13-17-21-25-29-33-36-38-40-42-45-48-51-55-59-63-67-71-84(89)97-77-82(103-86(91)73-69-65-61-57-53-47-32-28-24-20-16-12-8-4)79-101-105(93,94)99-75-81(88)76-100-106(95,96)102-80-83(104-87(92)74-70-66-62-58-54-50-44-35-31-27-23-19-15-11-7-3)78-98-85(90)72-68-64-60-56-52-49-46-43-41-39-37-34-30-26-22-18-14-10-6-2/h10-11,14-16,20-23,25-28,32-37,40-44,49,52,81-83,88H,5-9,12-13,17-19,24,29-31,38-39,45-48,50-51,53-80H2,1-4H3,(H,93,94)(H,95,96)/b14-10-,15-11-,20-16-,25-21-,26-22-,27-23-,32-28-,36-33-,37-34-,42-40-,43-41-,44-35-,52-49-. The van der Waals surface area contributed by atoms with E-state index in [4.69, 9.17) is 37.0 Å². The first-order chi connectivity index (χ1) is 51.7. The average molecular weight is 1520 g/mol. The molecule has 0 aliphatic heterocycles. The molecule has 5 atom stereocenters. The summed E-state index contributed by atoms with van der Waals surface area (Å²) in [7, 11) is -9.99. The van der Waals surface area contributed by atoms with Crippen LogP contribution in [0.15, 0.2) is 158 Å². The van der Waals surface area contributed by atoms with Gasteiger partial charge < -0.3 is 33.8 Å². The van der Waals surface area contributed by atoms with Crippen LogP contribution in [-0.4, -0.2) is 96.7 Å².